The Bertz CT molecular complexity index is 685. The van der Waals surface area contributed by atoms with Gasteiger partial charge in [-0.05, 0) is 48.0 Å². The van der Waals surface area contributed by atoms with Crippen molar-refractivity contribution in [1.82, 2.24) is 9.78 Å². The van der Waals surface area contributed by atoms with Gasteiger partial charge in [0.25, 0.3) is 0 Å². The first-order valence-electron chi connectivity index (χ1n) is 6.31. The van der Waals surface area contributed by atoms with E-state index in [0.717, 1.165) is 11.4 Å². The molecule has 5 nitrogen and oxygen atoms in total. The van der Waals surface area contributed by atoms with Crippen LogP contribution >= 0.6 is 27.5 Å². The zero-order valence-electron chi connectivity index (χ0n) is 11.6. The number of benzene rings is 1. The second kappa shape index (κ2) is 6.49. The van der Waals surface area contributed by atoms with E-state index in [-0.39, 0.29) is 12.2 Å². The number of aromatic carboxylic acids is 1. The van der Waals surface area contributed by atoms with Gasteiger partial charge < -0.3 is 9.84 Å². The number of hydrogen-bond acceptors (Lipinski definition) is 3. The molecule has 0 radical (unpaired) electrons. The minimum atomic E-state index is -0.982. The lowest BCUT2D eigenvalue weighted by atomic mass is 10.2. The summed E-state index contributed by atoms with van der Waals surface area (Å²) in [7, 11) is 0. The minimum Gasteiger partial charge on any atom is -0.486 e. The van der Waals surface area contributed by atoms with Crippen LogP contribution in [-0.4, -0.2) is 20.9 Å². The Kier molecular flexibility index (Phi) is 4.90. The fraction of sp³-hybridized carbons (Fsp3) is 0.286. The van der Waals surface area contributed by atoms with Crippen molar-refractivity contribution in [3.63, 3.8) is 0 Å². The van der Waals surface area contributed by atoms with Gasteiger partial charge in [-0.1, -0.05) is 11.6 Å². The van der Waals surface area contributed by atoms with Crippen LogP contribution in [-0.2, 0) is 13.2 Å². The average molecular weight is 374 g/mol. The first-order valence-corrected chi connectivity index (χ1v) is 7.48. The Balaban J connectivity index is 2.19. The van der Waals surface area contributed by atoms with Gasteiger partial charge >= 0.3 is 5.97 Å². The summed E-state index contributed by atoms with van der Waals surface area (Å²) in [5, 5.41) is 13.8. The maximum atomic E-state index is 10.9. The molecule has 112 valence electrons. The fourth-order valence-corrected chi connectivity index (χ4v) is 2.59. The standard InChI is InChI=1S/C14H14BrClN2O3/c1-3-18-11(13(16)8(2)17-18)7-21-12-5-4-9(14(19)20)6-10(12)15/h4-6H,3,7H2,1-2H3,(H,19,20). The Morgan fingerprint density at radius 3 is 2.81 bits per heavy atom. The van der Waals surface area contributed by atoms with E-state index < -0.39 is 5.97 Å². The third-order valence-corrected chi connectivity index (χ3v) is 4.11. The summed E-state index contributed by atoms with van der Waals surface area (Å²) in [6.07, 6.45) is 0. The average Bonchev–Trinajstić information content (AvgIpc) is 2.72. The van der Waals surface area contributed by atoms with Gasteiger partial charge in [-0.2, -0.15) is 5.10 Å². The van der Waals surface area contributed by atoms with Gasteiger partial charge in [-0.3, -0.25) is 4.68 Å². The summed E-state index contributed by atoms with van der Waals surface area (Å²) in [6, 6.07) is 4.61. The van der Waals surface area contributed by atoms with Gasteiger partial charge in [0.05, 0.1) is 26.4 Å². The third-order valence-electron chi connectivity index (χ3n) is 3.00. The summed E-state index contributed by atoms with van der Waals surface area (Å²) < 4.78 is 8.08. The number of carbonyl (C=O) groups is 1. The number of hydrogen-bond donors (Lipinski definition) is 1. The molecule has 1 heterocycles. The van der Waals surface area contributed by atoms with Crippen LogP contribution in [0.5, 0.6) is 5.75 Å². The number of aryl methyl sites for hydroxylation is 2. The molecule has 0 saturated carbocycles. The number of aromatic nitrogens is 2. The zero-order valence-corrected chi connectivity index (χ0v) is 13.9. The summed E-state index contributed by atoms with van der Waals surface area (Å²) in [4.78, 5) is 10.9. The lowest BCUT2D eigenvalue weighted by Gasteiger charge is -2.10. The lowest BCUT2D eigenvalue weighted by Crippen LogP contribution is -2.07. The number of nitrogens with zero attached hydrogens (tertiary/aromatic N) is 2. The molecule has 2 aromatic rings. The van der Waals surface area contributed by atoms with E-state index in [0.29, 0.717) is 21.8 Å². The van der Waals surface area contributed by atoms with Crippen molar-refractivity contribution in [2.75, 3.05) is 0 Å². The van der Waals surface area contributed by atoms with Crippen molar-refractivity contribution >= 4 is 33.5 Å². The largest absolute Gasteiger partial charge is 0.486 e. The first kappa shape index (κ1) is 15.9. The number of ether oxygens (including phenoxy) is 1. The molecule has 0 aliphatic carbocycles. The molecule has 0 spiro atoms. The molecule has 1 N–H and O–H groups in total. The summed E-state index contributed by atoms with van der Waals surface area (Å²) in [5.74, 6) is -0.428. The van der Waals surface area contributed by atoms with Crippen LogP contribution in [0, 0.1) is 6.92 Å². The molecule has 0 aliphatic heterocycles. The van der Waals surface area contributed by atoms with E-state index in [1.54, 1.807) is 10.7 Å². The topological polar surface area (TPSA) is 64.4 Å². The molecule has 0 atom stereocenters. The molecule has 1 aromatic heterocycles. The number of carboxylic acids is 1. The van der Waals surface area contributed by atoms with E-state index in [1.165, 1.54) is 12.1 Å². The third kappa shape index (κ3) is 3.39. The maximum Gasteiger partial charge on any atom is 0.335 e. The molecule has 0 aliphatic rings. The minimum absolute atomic E-state index is 0.196. The van der Waals surface area contributed by atoms with Crippen molar-refractivity contribution in [3.8, 4) is 5.75 Å². The quantitative estimate of drug-likeness (QED) is 0.863. The van der Waals surface area contributed by atoms with Crippen LogP contribution in [0.25, 0.3) is 0 Å². The highest BCUT2D eigenvalue weighted by Crippen LogP contribution is 2.28. The van der Waals surface area contributed by atoms with Crippen LogP contribution < -0.4 is 4.74 Å². The Morgan fingerprint density at radius 2 is 2.24 bits per heavy atom. The van der Waals surface area contributed by atoms with Gasteiger partial charge in [-0.15, -0.1) is 0 Å². The maximum absolute atomic E-state index is 10.9. The Hall–Kier alpha value is -1.53. The van der Waals surface area contributed by atoms with Crippen molar-refractivity contribution in [1.29, 1.82) is 0 Å². The number of halogens is 2. The summed E-state index contributed by atoms with van der Waals surface area (Å²) in [6.45, 7) is 4.78. The molecule has 0 saturated heterocycles. The highest BCUT2D eigenvalue weighted by atomic mass is 79.9. The molecule has 0 unspecified atom stereocenters. The molecule has 1 aromatic carbocycles. The van der Waals surface area contributed by atoms with Crippen molar-refractivity contribution in [2.24, 2.45) is 0 Å². The van der Waals surface area contributed by atoms with Gasteiger partial charge in [0, 0.05) is 6.54 Å². The van der Waals surface area contributed by atoms with E-state index in [1.807, 2.05) is 13.8 Å². The SMILES string of the molecule is CCn1nc(C)c(Cl)c1COc1ccc(C(=O)O)cc1Br. The normalized spacial score (nSPS) is 10.7. The number of carboxylic acid groups (broad SMARTS) is 1. The molecule has 7 heteroatoms. The van der Waals surface area contributed by atoms with Gasteiger partial charge in [0.15, 0.2) is 0 Å². The summed E-state index contributed by atoms with van der Waals surface area (Å²) in [5.41, 5.74) is 1.75. The Labute approximate surface area is 135 Å². The van der Waals surface area contributed by atoms with Crippen LogP contribution in [0.2, 0.25) is 5.02 Å². The predicted octanol–water partition coefficient (Wildman–Crippen LogP) is 3.90. The molecule has 21 heavy (non-hydrogen) atoms. The van der Waals surface area contributed by atoms with Crippen LogP contribution in [0.1, 0.15) is 28.7 Å². The van der Waals surface area contributed by atoms with Gasteiger partial charge in [0.2, 0.25) is 0 Å². The number of rotatable bonds is 5. The second-order valence-corrected chi connectivity index (χ2v) is 5.63. The zero-order chi connectivity index (χ0) is 15.6. The van der Waals surface area contributed by atoms with Crippen LogP contribution in [0.3, 0.4) is 0 Å². The van der Waals surface area contributed by atoms with Crippen LogP contribution in [0.4, 0.5) is 0 Å². The van der Waals surface area contributed by atoms with Crippen molar-refractivity contribution < 1.29 is 14.6 Å². The smallest absolute Gasteiger partial charge is 0.335 e. The molecule has 2 rings (SSSR count). The van der Waals surface area contributed by atoms with E-state index in [9.17, 15) is 4.79 Å². The molecular formula is C14H14BrClN2O3. The Morgan fingerprint density at radius 1 is 1.52 bits per heavy atom. The second-order valence-electron chi connectivity index (χ2n) is 4.40. The van der Waals surface area contributed by atoms with Crippen molar-refractivity contribution in [2.45, 2.75) is 27.0 Å². The monoisotopic (exact) mass is 372 g/mol. The fourth-order valence-electron chi connectivity index (χ4n) is 1.90. The molecule has 0 fully saturated rings. The summed E-state index contributed by atoms with van der Waals surface area (Å²) >= 11 is 9.52. The van der Waals surface area contributed by atoms with Gasteiger partial charge in [0.1, 0.15) is 12.4 Å². The van der Waals surface area contributed by atoms with E-state index in [4.69, 9.17) is 21.4 Å². The van der Waals surface area contributed by atoms with Gasteiger partial charge in [-0.25, -0.2) is 4.79 Å². The highest BCUT2D eigenvalue weighted by Gasteiger charge is 2.14. The van der Waals surface area contributed by atoms with Crippen molar-refractivity contribution in [3.05, 3.63) is 44.6 Å². The predicted molar refractivity (Wildman–Crippen MR) is 83.1 cm³/mol. The van der Waals surface area contributed by atoms with E-state index >= 15 is 0 Å². The molecular weight excluding hydrogens is 360 g/mol. The highest BCUT2D eigenvalue weighted by molar-refractivity contribution is 9.10. The van der Waals surface area contributed by atoms with Crippen LogP contribution in [0.15, 0.2) is 22.7 Å². The lowest BCUT2D eigenvalue weighted by molar-refractivity contribution is 0.0696. The molecule has 0 amide bonds. The van der Waals surface area contributed by atoms with E-state index in [2.05, 4.69) is 21.0 Å². The molecule has 0 bridgehead atoms. The first-order chi connectivity index (χ1) is 9.93.